The van der Waals surface area contributed by atoms with E-state index in [1.54, 1.807) is 0 Å². The smallest absolute Gasteiger partial charge is 0.0283 e. The lowest BCUT2D eigenvalue weighted by Crippen LogP contribution is -2.50. The molecule has 1 aliphatic carbocycles. The summed E-state index contributed by atoms with van der Waals surface area (Å²) in [5.74, 6) is 0.891. The fourth-order valence-corrected chi connectivity index (χ4v) is 3.03. The average molecular weight is 196 g/mol. The van der Waals surface area contributed by atoms with Crippen LogP contribution in [0.3, 0.4) is 0 Å². The minimum Gasteiger partial charge on any atom is -0.324 e. The standard InChI is InChI=1S/C12H24N2/c1-11-5-8-14(9-11)10-12(13)6-3-2-4-7-12/h11H,2-10,13H2,1H3. The molecule has 14 heavy (non-hydrogen) atoms. The molecule has 82 valence electrons. The van der Waals surface area contributed by atoms with E-state index in [9.17, 15) is 0 Å². The van der Waals surface area contributed by atoms with Crippen molar-refractivity contribution in [3.63, 3.8) is 0 Å². The fraction of sp³-hybridized carbons (Fsp3) is 1.00. The second kappa shape index (κ2) is 4.19. The summed E-state index contributed by atoms with van der Waals surface area (Å²) in [6, 6.07) is 0. The third-order valence-electron chi connectivity index (χ3n) is 3.90. The predicted molar refractivity (Wildman–Crippen MR) is 60.2 cm³/mol. The van der Waals surface area contributed by atoms with Gasteiger partial charge in [-0.3, -0.25) is 0 Å². The maximum absolute atomic E-state index is 6.44. The van der Waals surface area contributed by atoms with E-state index in [2.05, 4.69) is 11.8 Å². The summed E-state index contributed by atoms with van der Waals surface area (Å²) in [6.45, 7) is 6.06. The Hall–Kier alpha value is -0.0800. The van der Waals surface area contributed by atoms with E-state index in [0.29, 0.717) is 0 Å². The Morgan fingerprint density at radius 2 is 2.00 bits per heavy atom. The van der Waals surface area contributed by atoms with Crippen molar-refractivity contribution in [3.05, 3.63) is 0 Å². The molecule has 0 bridgehead atoms. The zero-order valence-electron chi connectivity index (χ0n) is 9.47. The predicted octanol–water partition coefficient (Wildman–Crippen LogP) is 1.99. The zero-order valence-corrected chi connectivity index (χ0v) is 9.47. The maximum Gasteiger partial charge on any atom is 0.0283 e. The lowest BCUT2D eigenvalue weighted by atomic mass is 9.82. The van der Waals surface area contributed by atoms with Gasteiger partial charge in [-0.15, -0.1) is 0 Å². The van der Waals surface area contributed by atoms with E-state index < -0.39 is 0 Å². The number of hydrogen-bond acceptors (Lipinski definition) is 2. The van der Waals surface area contributed by atoms with Gasteiger partial charge in [-0.05, 0) is 31.7 Å². The molecule has 0 aromatic carbocycles. The molecule has 1 saturated heterocycles. The second-order valence-corrected chi connectivity index (χ2v) is 5.55. The number of hydrogen-bond donors (Lipinski definition) is 1. The first-order valence-corrected chi connectivity index (χ1v) is 6.19. The van der Waals surface area contributed by atoms with Crippen LogP contribution in [0.5, 0.6) is 0 Å². The molecular weight excluding hydrogens is 172 g/mol. The Morgan fingerprint density at radius 3 is 2.57 bits per heavy atom. The van der Waals surface area contributed by atoms with E-state index in [4.69, 9.17) is 5.73 Å². The molecule has 1 aliphatic heterocycles. The van der Waals surface area contributed by atoms with Crippen LogP contribution in [0.2, 0.25) is 0 Å². The molecule has 1 unspecified atom stereocenters. The first-order valence-electron chi connectivity index (χ1n) is 6.19. The van der Waals surface area contributed by atoms with Gasteiger partial charge in [0, 0.05) is 18.6 Å². The van der Waals surface area contributed by atoms with Gasteiger partial charge in [0.2, 0.25) is 0 Å². The van der Waals surface area contributed by atoms with Crippen LogP contribution < -0.4 is 5.73 Å². The van der Waals surface area contributed by atoms with Crippen LogP contribution in [0, 0.1) is 5.92 Å². The highest BCUT2D eigenvalue weighted by Gasteiger charge is 2.31. The SMILES string of the molecule is CC1CCN(CC2(N)CCCCC2)C1. The highest BCUT2D eigenvalue weighted by Crippen LogP contribution is 2.28. The first kappa shape index (κ1) is 10.4. The zero-order chi connectivity index (χ0) is 10.0. The highest BCUT2D eigenvalue weighted by molar-refractivity contribution is 4.91. The average Bonchev–Trinajstić information content (AvgIpc) is 2.51. The molecule has 0 radical (unpaired) electrons. The molecule has 1 saturated carbocycles. The third-order valence-corrected chi connectivity index (χ3v) is 3.90. The molecule has 2 N–H and O–H groups in total. The van der Waals surface area contributed by atoms with E-state index in [1.807, 2.05) is 0 Å². The van der Waals surface area contributed by atoms with Crippen LogP contribution >= 0.6 is 0 Å². The van der Waals surface area contributed by atoms with E-state index in [1.165, 1.54) is 51.6 Å². The first-order chi connectivity index (χ1) is 6.68. The molecule has 1 heterocycles. The topological polar surface area (TPSA) is 29.3 Å². The Kier molecular flexibility index (Phi) is 3.13. The van der Waals surface area contributed by atoms with Gasteiger partial charge >= 0.3 is 0 Å². The van der Waals surface area contributed by atoms with Crippen molar-refractivity contribution in [1.82, 2.24) is 4.90 Å². The Morgan fingerprint density at radius 1 is 1.29 bits per heavy atom. The molecular formula is C12H24N2. The van der Waals surface area contributed by atoms with Gasteiger partial charge in [0.1, 0.15) is 0 Å². The quantitative estimate of drug-likeness (QED) is 0.732. The summed E-state index contributed by atoms with van der Waals surface area (Å²) < 4.78 is 0. The molecule has 2 aliphatic rings. The summed E-state index contributed by atoms with van der Waals surface area (Å²) >= 11 is 0. The van der Waals surface area contributed by atoms with Crippen molar-refractivity contribution >= 4 is 0 Å². The molecule has 2 rings (SSSR count). The number of likely N-dealkylation sites (tertiary alicyclic amines) is 1. The van der Waals surface area contributed by atoms with Gasteiger partial charge in [0.05, 0.1) is 0 Å². The molecule has 0 aromatic heterocycles. The summed E-state index contributed by atoms with van der Waals surface area (Å²) in [4.78, 5) is 2.58. The van der Waals surface area contributed by atoms with Crippen LogP contribution in [0.15, 0.2) is 0 Å². The summed E-state index contributed by atoms with van der Waals surface area (Å²) in [5, 5.41) is 0. The minimum absolute atomic E-state index is 0.155. The van der Waals surface area contributed by atoms with Gasteiger partial charge in [0.15, 0.2) is 0 Å². The van der Waals surface area contributed by atoms with Crippen molar-refractivity contribution in [2.45, 2.75) is 51.0 Å². The third kappa shape index (κ3) is 2.48. The van der Waals surface area contributed by atoms with E-state index in [0.717, 1.165) is 12.5 Å². The van der Waals surface area contributed by atoms with Crippen molar-refractivity contribution < 1.29 is 0 Å². The van der Waals surface area contributed by atoms with Gasteiger partial charge in [-0.2, -0.15) is 0 Å². The van der Waals surface area contributed by atoms with Crippen LogP contribution in [-0.4, -0.2) is 30.1 Å². The molecule has 2 nitrogen and oxygen atoms in total. The van der Waals surface area contributed by atoms with E-state index >= 15 is 0 Å². The van der Waals surface area contributed by atoms with Gasteiger partial charge in [-0.25, -0.2) is 0 Å². The van der Waals surface area contributed by atoms with Crippen molar-refractivity contribution in [3.8, 4) is 0 Å². The lowest BCUT2D eigenvalue weighted by molar-refractivity contribution is 0.194. The second-order valence-electron chi connectivity index (χ2n) is 5.55. The lowest BCUT2D eigenvalue weighted by Gasteiger charge is -2.36. The minimum atomic E-state index is 0.155. The molecule has 0 amide bonds. The number of nitrogens with zero attached hydrogens (tertiary/aromatic N) is 1. The number of nitrogens with two attached hydrogens (primary N) is 1. The van der Waals surface area contributed by atoms with Crippen molar-refractivity contribution in [1.29, 1.82) is 0 Å². The van der Waals surface area contributed by atoms with Crippen LogP contribution in [0.25, 0.3) is 0 Å². The summed E-state index contributed by atoms with van der Waals surface area (Å²) in [5.41, 5.74) is 6.60. The maximum atomic E-state index is 6.44. The summed E-state index contributed by atoms with van der Waals surface area (Å²) in [7, 11) is 0. The molecule has 0 spiro atoms. The van der Waals surface area contributed by atoms with Crippen molar-refractivity contribution in [2.24, 2.45) is 11.7 Å². The molecule has 2 heteroatoms. The van der Waals surface area contributed by atoms with Crippen molar-refractivity contribution in [2.75, 3.05) is 19.6 Å². The molecule has 1 atom stereocenters. The highest BCUT2D eigenvalue weighted by atomic mass is 15.2. The van der Waals surface area contributed by atoms with Gasteiger partial charge in [0.25, 0.3) is 0 Å². The van der Waals surface area contributed by atoms with E-state index in [-0.39, 0.29) is 5.54 Å². The fourth-order valence-electron chi connectivity index (χ4n) is 3.03. The Balaban J connectivity index is 1.83. The Labute approximate surface area is 87.8 Å². The van der Waals surface area contributed by atoms with Crippen LogP contribution in [0.1, 0.15) is 45.4 Å². The van der Waals surface area contributed by atoms with Crippen LogP contribution in [0.4, 0.5) is 0 Å². The summed E-state index contributed by atoms with van der Waals surface area (Å²) in [6.07, 6.45) is 7.96. The normalized spacial score (nSPS) is 33.4. The molecule has 0 aromatic rings. The number of rotatable bonds is 2. The largest absolute Gasteiger partial charge is 0.324 e. The van der Waals surface area contributed by atoms with Gasteiger partial charge in [-0.1, -0.05) is 26.2 Å². The molecule has 2 fully saturated rings. The Bertz CT molecular complexity index is 185. The van der Waals surface area contributed by atoms with Crippen LogP contribution in [-0.2, 0) is 0 Å². The van der Waals surface area contributed by atoms with Gasteiger partial charge < -0.3 is 10.6 Å². The monoisotopic (exact) mass is 196 g/mol.